The van der Waals surface area contributed by atoms with Crippen LogP contribution in [0, 0.1) is 12.3 Å². The monoisotopic (exact) mass is 261 g/mol. The van der Waals surface area contributed by atoms with E-state index in [9.17, 15) is 0 Å². The number of ether oxygens (including phenoxy) is 1. The van der Waals surface area contributed by atoms with E-state index in [-0.39, 0.29) is 6.10 Å². The van der Waals surface area contributed by atoms with Gasteiger partial charge in [-0.05, 0) is 0 Å². The summed E-state index contributed by atoms with van der Waals surface area (Å²) in [6, 6.07) is 0. The van der Waals surface area contributed by atoms with Crippen LogP contribution in [0.15, 0.2) is 17.4 Å². The number of terminal acetylenes is 1. The topological polar surface area (TPSA) is 54.7 Å². The lowest BCUT2D eigenvalue weighted by atomic mass is 10.1. The molecule has 1 aromatic heterocycles. The first-order chi connectivity index (χ1) is 9.24. The molecule has 2 heterocycles. The lowest BCUT2D eigenvalue weighted by Crippen LogP contribution is -2.48. The van der Waals surface area contributed by atoms with Crippen LogP contribution < -0.4 is 5.32 Å². The lowest BCUT2D eigenvalue weighted by molar-refractivity contribution is -0.00795. The van der Waals surface area contributed by atoms with Crippen LogP contribution in [0.25, 0.3) is 0 Å². The van der Waals surface area contributed by atoms with Gasteiger partial charge in [0.05, 0.1) is 25.9 Å². The standard InChI is InChI=1S/C13H19N5O/c1-4-5-15-13(14-2)18-6-7-19-12(10-18)11-8-16-17(3)9-11/h1,8-9,12H,5-7,10H2,2-3H3,(H,14,15). The molecule has 0 saturated carbocycles. The first-order valence-corrected chi connectivity index (χ1v) is 6.23. The van der Waals surface area contributed by atoms with E-state index in [1.165, 1.54) is 0 Å². The molecule has 1 fully saturated rings. The number of rotatable bonds is 2. The van der Waals surface area contributed by atoms with Crippen LogP contribution in [0.1, 0.15) is 11.7 Å². The second kappa shape index (κ2) is 6.25. The summed E-state index contributed by atoms with van der Waals surface area (Å²) < 4.78 is 7.57. The van der Waals surface area contributed by atoms with E-state index in [0.29, 0.717) is 13.2 Å². The number of aromatic nitrogens is 2. The molecule has 6 nitrogen and oxygen atoms in total. The van der Waals surface area contributed by atoms with Crippen LogP contribution in [-0.4, -0.2) is 53.9 Å². The number of hydrogen-bond donors (Lipinski definition) is 1. The predicted octanol–water partition coefficient (Wildman–Crippen LogP) is 0.00200. The van der Waals surface area contributed by atoms with E-state index in [0.717, 1.165) is 24.6 Å². The van der Waals surface area contributed by atoms with Gasteiger partial charge in [0.25, 0.3) is 0 Å². The molecule has 19 heavy (non-hydrogen) atoms. The first-order valence-electron chi connectivity index (χ1n) is 6.23. The van der Waals surface area contributed by atoms with Crippen LogP contribution in [0.3, 0.4) is 0 Å². The number of aryl methyl sites for hydroxylation is 1. The molecule has 0 aliphatic carbocycles. The van der Waals surface area contributed by atoms with Crippen molar-refractivity contribution in [3.63, 3.8) is 0 Å². The Morgan fingerprint density at radius 3 is 3.21 bits per heavy atom. The third-order valence-corrected chi connectivity index (χ3v) is 3.02. The van der Waals surface area contributed by atoms with Gasteiger partial charge >= 0.3 is 0 Å². The largest absolute Gasteiger partial charge is 0.370 e. The maximum atomic E-state index is 5.79. The van der Waals surface area contributed by atoms with E-state index in [1.54, 1.807) is 11.7 Å². The summed E-state index contributed by atoms with van der Waals surface area (Å²) in [5, 5.41) is 7.31. The Morgan fingerprint density at radius 1 is 1.74 bits per heavy atom. The van der Waals surface area contributed by atoms with Crippen molar-refractivity contribution in [1.82, 2.24) is 20.0 Å². The maximum absolute atomic E-state index is 5.79. The van der Waals surface area contributed by atoms with Crippen LogP contribution >= 0.6 is 0 Å². The Hall–Kier alpha value is -2.00. The molecule has 1 aliphatic rings. The molecule has 1 aliphatic heterocycles. The van der Waals surface area contributed by atoms with Crippen molar-refractivity contribution in [2.24, 2.45) is 12.0 Å². The highest BCUT2D eigenvalue weighted by Crippen LogP contribution is 2.21. The van der Waals surface area contributed by atoms with Gasteiger partial charge in [0, 0.05) is 32.4 Å². The third-order valence-electron chi connectivity index (χ3n) is 3.02. The molecule has 0 spiro atoms. The van der Waals surface area contributed by atoms with E-state index in [4.69, 9.17) is 11.2 Å². The number of nitrogens with one attached hydrogen (secondary N) is 1. The molecule has 1 unspecified atom stereocenters. The molecule has 0 amide bonds. The molecule has 0 bridgehead atoms. The van der Waals surface area contributed by atoms with Gasteiger partial charge in [0.2, 0.25) is 0 Å². The van der Waals surface area contributed by atoms with Gasteiger partial charge in [0.15, 0.2) is 5.96 Å². The Labute approximate surface area is 113 Å². The Morgan fingerprint density at radius 2 is 2.58 bits per heavy atom. The SMILES string of the molecule is C#CCNC(=NC)N1CCOC(c2cnn(C)c2)C1. The van der Waals surface area contributed by atoms with Crippen molar-refractivity contribution >= 4 is 5.96 Å². The fourth-order valence-corrected chi connectivity index (χ4v) is 2.11. The Balaban J connectivity index is 2.02. The smallest absolute Gasteiger partial charge is 0.194 e. The van der Waals surface area contributed by atoms with Gasteiger partial charge < -0.3 is 15.0 Å². The summed E-state index contributed by atoms with van der Waals surface area (Å²) in [6.45, 7) is 2.69. The summed E-state index contributed by atoms with van der Waals surface area (Å²) in [7, 11) is 3.66. The molecule has 1 saturated heterocycles. The highest BCUT2D eigenvalue weighted by molar-refractivity contribution is 5.80. The van der Waals surface area contributed by atoms with Crippen molar-refractivity contribution in [3.05, 3.63) is 18.0 Å². The number of hydrogen-bond acceptors (Lipinski definition) is 3. The van der Waals surface area contributed by atoms with Gasteiger partial charge in [-0.25, -0.2) is 0 Å². The van der Waals surface area contributed by atoms with E-state index in [1.807, 2.05) is 19.4 Å². The van der Waals surface area contributed by atoms with Gasteiger partial charge in [-0.2, -0.15) is 5.10 Å². The van der Waals surface area contributed by atoms with Crippen LogP contribution in [0.4, 0.5) is 0 Å². The fraction of sp³-hybridized carbons (Fsp3) is 0.538. The molecule has 2 rings (SSSR count). The molecular weight excluding hydrogens is 242 g/mol. The Bertz CT molecular complexity index is 487. The minimum absolute atomic E-state index is 0.0202. The average molecular weight is 261 g/mol. The van der Waals surface area contributed by atoms with Gasteiger partial charge in [-0.3, -0.25) is 9.67 Å². The van der Waals surface area contributed by atoms with Crippen molar-refractivity contribution in [1.29, 1.82) is 0 Å². The lowest BCUT2D eigenvalue weighted by Gasteiger charge is -2.34. The molecule has 0 aromatic carbocycles. The third kappa shape index (κ3) is 3.26. The summed E-state index contributed by atoms with van der Waals surface area (Å²) in [4.78, 5) is 6.39. The number of morpholine rings is 1. The molecule has 1 atom stereocenters. The molecule has 6 heteroatoms. The second-order valence-electron chi connectivity index (χ2n) is 4.36. The molecular formula is C13H19N5O. The molecule has 0 radical (unpaired) electrons. The summed E-state index contributed by atoms with van der Waals surface area (Å²) >= 11 is 0. The molecule has 102 valence electrons. The predicted molar refractivity (Wildman–Crippen MR) is 73.7 cm³/mol. The summed E-state index contributed by atoms with van der Waals surface area (Å²) in [5.41, 5.74) is 1.08. The second-order valence-corrected chi connectivity index (χ2v) is 4.36. The highest BCUT2D eigenvalue weighted by Gasteiger charge is 2.24. The van der Waals surface area contributed by atoms with Gasteiger partial charge in [0.1, 0.15) is 6.10 Å². The van der Waals surface area contributed by atoms with Crippen LogP contribution in [-0.2, 0) is 11.8 Å². The molecule has 1 N–H and O–H groups in total. The van der Waals surface area contributed by atoms with Gasteiger partial charge in [-0.15, -0.1) is 6.42 Å². The zero-order valence-electron chi connectivity index (χ0n) is 11.3. The highest BCUT2D eigenvalue weighted by atomic mass is 16.5. The zero-order chi connectivity index (χ0) is 13.7. The van der Waals surface area contributed by atoms with Crippen molar-refractivity contribution < 1.29 is 4.74 Å². The van der Waals surface area contributed by atoms with Crippen LogP contribution in [0.2, 0.25) is 0 Å². The van der Waals surface area contributed by atoms with Gasteiger partial charge in [-0.1, -0.05) is 5.92 Å². The van der Waals surface area contributed by atoms with Crippen molar-refractivity contribution in [2.45, 2.75) is 6.10 Å². The van der Waals surface area contributed by atoms with E-state index >= 15 is 0 Å². The first kappa shape index (κ1) is 13.4. The summed E-state index contributed by atoms with van der Waals surface area (Å²) in [6.07, 6.45) is 9.10. The maximum Gasteiger partial charge on any atom is 0.194 e. The summed E-state index contributed by atoms with van der Waals surface area (Å²) in [5.74, 6) is 3.37. The normalized spacial score (nSPS) is 20.2. The minimum Gasteiger partial charge on any atom is -0.370 e. The Kier molecular flexibility index (Phi) is 4.42. The number of guanidine groups is 1. The van der Waals surface area contributed by atoms with Crippen LogP contribution in [0.5, 0.6) is 0 Å². The quantitative estimate of drug-likeness (QED) is 0.463. The van der Waals surface area contributed by atoms with Crippen molar-refractivity contribution in [3.8, 4) is 12.3 Å². The minimum atomic E-state index is 0.0202. The molecule has 1 aromatic rings. The zero-order valence-corrected chi connectivity index (χ0v) is 11.3. The average Bonchev–Trinajstić information content (AvgIpc) is 2.87. The fourth-order valence-electron chi connectivity index (χ4n) is 2.11. The number of nitrogens with zero attached hydrogens (tertiary/aromatic N) is 4. The van der Waals surface area contributed by atoms with Crippen molar-refractivity contribution in [2.75, 3.05) is 33.3 Å². The van der Waals surface area contributed by atoms with E-state index in [2.05, 4.69) is 26.2 Å². The number of aliphatic imine (C=N–C) groups is 1. The van der Waals surface area contributed by atoms with E-state index < -0.39 is 0 Å².